The third-order valence-electron chi connectivity index (χ3n) is 2.87. The highest BCUT2D eigenvalue weighted by molar-refractivity contribution is 5.89. The first-order valence-electron chi connectivity index (χ1n) is 6.47. The second-order valence-electron chi connectivity index (χ2n) is 4.31. The van der Waals surface area contributed by atoms with Crippen LogP contribution in [0.1, 0.15) is 28.4 Å². The molecule has 104 valence electrons. The average Bonchev–Trinajstić information content (AvgIpc) is 2.47. The van der Waals surface area contributed by atoms with Crippen LogP contribution in [0.2, 0.25) is 0 Å². The maximum atomic E-state index is 11.5. The highest BCUT2D eigenvalue weighted by Crippen LogP contribution is 2.10. The smallest absolute Gasteiger partial charge is 0.339 e. The molecule has 0 bridgehead atoms. The van der Waals surface area contributed by atoms with E-state index < -0.39 is 0 Å². The molecule has 0 saturated carbocycles. The summed E-state index contributed by atoms with van der Waals surface area (Å²) in [5.74, 6) is 0.366. The van der Waals surface area contributed by atoms with Crippen LogP contribution in [0.3, 0.4) is 0 Å². The Kier molecular flexibility index (Phi) is 4.65. The predicted molar refractivity (Wildman–Crippen MR) is 76.5 cm³/mol. The fraction of sp³-hybridized carbons (Fsp3) is 0.267. The van der Waals surface area contributed by atoms with Crippen molar-refractivity contribution in [3.05, 3.63) is 53.5 Å². The summed E-state index contributed by atoms with van der Waals surface area (Å²) in [6, 6.07) is 5.44. The van der Waals surface area contributed by atoms with Gasteiger partial charge in [0.05, 0.1) is 12.2 Å². The minimum Gasteiger partial charge on any atom is -0.462 e. The van der Waals surface area contributed by atoms with E-state index in [1.807, 2.05) is 19.2 Å². The lowest BCUT2D eigenvalue weighted by atomic mass is 10.1. The highest BCUT2D eigenvalue weighted by atomic mass is 16.5. The molecule has 0 saturated heterocycles. The Morgan fingerprint density at radius 2 is 2.15 bits per heavy atom. The van der Waals surface area contributed by atoms with Crippen molar-refractivity contribution in [3.8, 4) is 0 Å². The third-order valence-corrected chi connectivity index (χ3v) is 2.87. The standard InChI is InChI=1S/C15H17N3O2/c1-3-20-15(19)13-4-5-14(18-10-13)17-9-12-6-7-16-8-11(12)2/h4-8,10H,3,9H2,1-2H3,(H,17,18). The largest absolute Gasteiger partial charge is 0.462 e. The lowest BCUT2D eigenvalue weighted by Crippen LogP contribution is -2.07. The molecule has 5 nitrogen and oxygen atoms in total. The summed E-state index contributed by atoms with van der Waals surface area (Å²) in [7, 11) is 0. The molecule has 0 aliphatic rings. The summed E-state index contributed by atoms with van der Waals surface area (Å²) in [5.41, 5.74) is 2.75. The van der Waals surface area contributed by atoms with Crippen LogP contribution in [-0.4, -0.2) is 22.5 Å². The van der Waals surface area contributed by atoms with E-state index in [-0.39, 0.29) is 5.97 Å². The van der Waals surface area contributed by atoms with E-state index in [1.54, 1.807) is 25.3 Å². The predicted octanol–water partition coefficient (Wildman–Crippen LogP) is 2.57. The molecule has 0 aliphatic carbocycles. The molecule has 0 aliphatic heterocycles. The summed E-state index contributed by atoms with van der Waals surface area (Å²) in [5, 5.41) is 3.21. The van der Waals surface area contributed by atoms with E-state index >= 15 is 0 Å². The van der Waals surface area contributed by atoms with Crippen molar-refractivity contribution in [2.75, 3.05) is 11.9 Å². The van der Waals surface area contributed by atoms with Gasteiger partial charge < -0.3 is 10.1 Å². The van der Waals surface area contributed by atoms with Gasteiger partial charge in [0.25, 0.3) is 0 Å². The molecule has 0 fully saturated rings. The maximum absolute atomic E-state index is 11.5. The van der Waals surface area contributed by atoms with Gasteiger partial charge in [-0.05, 0) is 43.2 Å². The normalized spacial score (nSPS) is 10.1. The van der Waals surface area contributed by atoms with E-state index in [0.717, 1.165) is 11.1 Å². The number of hydrogen-bond donors (Lipinski definition) is 1. The van der Waals surface area contributed by atoms with Gasteiger partial charge in [0.1, 0.15) is 5.82 Å². The SMILES string of the molecule is CCOC(=O)c1ccc(NCc2ccncc2C)nc1. The number of pyridine rings is 2. The van der Waals surface area contributed by atoms with Crippen LogP contribution < -0.4 is 5.32 Å². The van der Waals surface area contributed by atoms with Crippen molar-refractivity contribution in [1.82, 2.24) is 9.97 Å². The molecule has 5 heteroatoms. The number of anilines is 1. The van der Waals surface area contributed by atoms with Gasteiger partial charge in [-0.1, -0.05) is 0 Å². The zero-order chi connectivity index (χ0) is 14.4. The summed E-state index contributed by atoms with van der Waals surface area (Å²) in [4.78, 5) is 19.7. The number of aryl methyl sites for hydroxylation is 1. The van der Waals surface area contributed by atoms with Crippen LogP contribution in [0.25, 0.3) is 0 Å². The van der Waals surface area contributed by atoms with Gasteiger partial charge in [0, 0.05) is 25.1 Å². The van der Waals surface area contributed by atoms with E-state index in [4.69, 9.17) is 4.74 Å². The summed E-state index contributed by atoms with van der Waals surface area (Å²) in [6.45, 7) is 4.82. The van der Waals surface area contributed by atoms with Gasteiger partial charge in [-0.15, -0.1) is 0 Å². The summed E-state index contributed by atoms with van der Waals surface area (Å²) < 4.78 is 4.91. The van der Waals surface area contributed by atoms with Gasteiger partial charge in [-0.25, -0.2) is 9.78 Å². The van der Waals surface area contributed by atoms with Crippen molar-refractivity contribution in [2.24, 2.45) is 0 Å². The second kappa shape index (κ2) is 6.65. The first kappa shape index (κ1) is 14.0. The topological polar surface area (TPSA) is 64.1 Å². The molecule has 0 unspecified atom stereocenters. The molecule has 0 aromatic carbocycles. The minimum atomic E-state index is -0.350. The van der Waals surface area contributed by atoms with Crippen molar-refractivity contribution in [2.45, 2.75) is 20.4 Å². The summed E-state index contributed by atoms with van der Waals surface area (Å²) >= 11 is 0. The average molecular weight is 271 g/mol. The molecule has 0 spiro atoms. The zero-order valence-electron chi connectivity index (χ0n) is 11.6. The maximum Gasteiger partial charge on any atom is 0.339 e. The lowest BCUT2D eigenvalue weighted by Gasteiger charge is -2.08. The number of nitrogens with one attached hydrogen (secondary N) is 1. The van der Waals surface area contributed by atoms with Crippen LogP contribution >= 0.6 is 0 Å². The van der Waals surface area contributed by atoms with E-state index in [2.05, 4.69) is 15.3 Å². The molecule has 0 radical (unpaired) electrons. The molecule has 0 amide bonds. The van der Waals surface area contributed by atoms with Gasteiger partial charge in [-0.3, -0.25) is 4.98 Å². The quantitative estimate of drug-likeness (QED) is 0.847. The van der Waals surface area contributed by atoms with Gasteiger partial charge >= 0.3 is 5.97 Å². The van der Waals surface area contributed by atoms with Crippen LogP contribution in [0.15, 0.2) is 36.8 Å². The van der Waals surface area contributed by atoms with E-state index in [1.165, 1.54) is 6.20 Å². The van der Waals surface area contributed by atoms with Crippen LogP contribution in [-0.2, 0) is 11.3 Å². The van der Waals surface area contributed by atoms with Crippen LogP contribution in [0, 0.1) is 6.92 Å². The number of rotatable bonds is 5. The monoisotopic (exact) mass is 271 g/mol. The number of hydrogen-bond acceptors (Lipinski definition) is 5. The van der Waals surface area contributed by atoms with Crippen LogP contribution in [0.4, 0.5) is 5.82 Å². The lowest BCUT2D eigenvalue weighted by molar-refractivity contribution is 0.0526. The highest BCUT2D eigenvalue weighted by Gasteiger charge is 2.06. The molecule has 20 heavy (non-hydrogen) atoms. The van der Waals surface area contributed by atoms with Crippen molar-refractivity contribution >= 4 is 11.8 Å². The number of carbonyl (C=O) groups is 1. The minimum absolute atomic E-state index is 0.350. The van der Waals surface area contributed by atoms with Crippen molar-refractivity contribution < 1.29 is 9.53 Å². The summed E-state index contributed by atoms with van der Waals surface area (Å²) in [6.07, 6.45) is 5.11. The van der Waals surface area contributed by atoms with E-state index in [0.29, 0.717) is 24.5 Å². The molecule has 2 aromatic rings. The number of ether oxygens (including phenoxy) is 1. The molecule has 2 rings (SSSR count). The first-order chi connectivity index (χ1) is 9.70. The van der Waals surface area contributed by atoms with E-state index in [9.17, 15) is 4.79 Å². The molecule has 2 aromatic heterocycles. The number of carbonyl (C=O) groups excluding carboxylic acids is 1. The van der Waals surface area contributed by atoms with Gasteiger partial charge in [-0.2, -0.15) is 0 Å². The Balaban J connectivity index is 1.98. The number of nitrogens with zero attached hydrogens (tertiary/aromatic N) is 2. The number of aromatic nitrogens is 2. The fourth-order valence-electron chi connectivity index (χ4n) is 1.72. The Hall–Kier alpha value is -2.43. The zero-order valence-corrected chi connectivity index (χ0v) is 11.6. The van der Waals surface area contributed by atoms with Gasteiger partial charge in [0.15, 0.2) is 0 Å². The Bertz CT molecular complexity index is 582. The fourth-order valence-corrected chi connectivity index (χ4v) is 1.72. The van der Waals surface area contributed by atoms with Crippen LogP contribution in [0.5, 0.6) is 0 Å². The molecule has 2 heterocycles. The second-order valence-corrected chi connectivity index (χ2v) is 4.31. The Morgan fingerprint density at radius 1 is 1.30 bits per heavy atom. The first-order valence-corrected chi connectivity index (χ1v) is 6.47. The van der Waals surface area contributed by atoms with Crippen molar-refractivity contribution in [1.29, 1.82) is 0 Å². The Labute approximate surface area is 118 Å². The van der Waals surface area contributed by atoms with Crippen molar-refractivity contribution in [3.63, 3.8) is 0 Å². The molecular weight excluding hydrogens is 254 g/mol. The molecule has 1 N–H and O–H groups in total. The molecule has 0 atom stereocenters. The Morgan fingerprint density at radius 3 is 2.80 bits per heavy atom. The molecular formula is C15H17N3O2. The number of esters is 1. The third kappa shape index (κ3) is 3.54. The van der Waals surface area contributed by atoms with Gasteiger partial charge in [0.2, 0.25) is 0 Å².